The average Bonchev–Trinajstić information content (AvgIpc) is 2.97. The van der Waals surface area contributed by atoms with Gasteiger partial charge in [-0.2, -0.15) is 0 Å². The van der Waals surface area contributed by atoms with Crippen LogP contribution in [0.15, 0.2) is 35.3 Å². The topological polar surface area (TPSA) is 51.5 Å². The van der Waals surface area contributed by atoms with Crippen molar-refractivity contribution >= 4 is 34.2 Å². The fraction of sp³-hybridized carbons (Fsp3) is 0.333. The van der Waals surface area contributed by atoms with E-state index >= 15 is 0 Å². The molecule has 8 heteroatoms. The monoisotopic (exact) mass is 474 g/mol. The quantitative estimate of drug-likeness (QED) is 0.495. The number of hydrogen-bond donors (Lipinski definition) is 0. The van der Waals surface area contributed by atoms with Crippen molar-refractivity contribution in [3.05, 3.63) is 58.0 Å². The van der Waals surface area contributed by atoms with Crippen molar-refractivity contribution in [2.75, 3.05) is 23.0 Å². The Kier molecular flexibility index (Phi) is 5.59. The summed E-state index contributed by atoms with van der Waals surface area (Å²) < 4.78 is 35.8. The molecule has 0 unspecified atom stereocenters. The number of aryl methyl sites for hydroxylation is 1. The molecule has 0 spiro atoms. The maximum Gasteiger partial charge on any atom is 0.274 e. The van der Waals surface area contributed by atoms with Gasteiger partial charge in [-0.1, -0.05) is 22.6 Å². The van der Waals surface area contributed by atoms with Crippen molar-refractivity contribution in [2.24, 2.45) is 0 Å². The molecule has 26 heavy (non-hydrogen) atoms. The first-order chi connectivity index (χ1) is 12.5. The van der Waals surface area contributed by atoms with E-state index in [9.17, 15) is 18.4 Å². The Labute approximate surface area is 162 Å². The van der Waals surface area contributed by atoms with Gasteiger partial charge in [-0.15, -0.1) is 0 Å². The molecule has 5 nitrogen and oxygen atoms in total. The highest BCUT2D eigenvalue weighted by atomic mass is 127. The predicted octanol–water partition coefficient (Wildman–Crippen LogP) is 3.09. The third-order valence-corrected chi connectivity index (χ3v) is 4.92. The molecule has 3 rings (SSSR count). The van der Waals surface area contributed by atoms with Crippen LogP contribution in [0.5, 0.6) is 5.75 Å². The van der Waals surface area contributed by atoms with E-state index in [0.717, 1.165) is 16.6 Å². The van der Waals surface area contributed by atoms with Gasteiger partial charge in [0, 0.05) is 53.7 Å². The van der Waals surface area contributed by atoms with E-state index in [0.29, 0.717) is 6.54 Å². The molecule has 1 fully saturated rings. The van der Waals surface area contributed by atoms with Crippen LogP contribution >= 0.6 is 22.6 Å². The highest BCUT2D eigenvalue weighted by molar-refractivity contribution is 14.1. The van der Waals surface area contributed by atoms with Crippen LogP contribution in [0.3, 0.4) is 0 Å². The SMILES string of the molecule is COc1cc(F)c([C@H]2CC(=O)N(c3cccn(CCI)c3=O)C2)c(F)c1. The molecule has 0 N–H and O–H groups in total. The summed E-state index contributed by atoms with van der Waals surface area (Å²) in [5.41, 5.74) is -0.196. The Morgan fingerprint density at radius 1 is 1.27 bits per heavy atom. The highest BCUT2D eigenvalue weighted by Crippen LogP contribution is 2.35. The molecule has 0 saturated carbocycles. The molecule has 2 heterocycles. The number of halogens is 3. The van der Waals surface area contributed by atoms with Gasteiger partial charge in [0.15, 0.2) is 0 Å². The lowest BCUT2D eigenvalue weighted by Crippen LogP contribution is -2.33. The van der Waals surface area contributed by atoms with Crippen molar-refractivity contribution in [3.63, 3.8) is 0 Å². The second kappa shape index (κ2) is 7.73. The summed E-state index contributed by atoms with van der Waals surface area (Å²) >= 11 is 2.16. The minimum atomic E-state index is -0.753. The minimum absolute atomic E-state index is 0.0548. The van der Waals surface area contributed by atoms with E-state index in [1.165, 1.54) is 16.6 Å². The second-order valence-electron chi connectivity index (χ2n) is 5.99. The maximum atomic E-state index is 14.3. The van der Waals surface area contributed by atoms with Crippen LogP contribution < -0.4 is 15.2 Å². The van der Waals surface area contributed by atoms with Gasteiger partial charge < -0.3 is 14.2 Å². The number of rotatable bonds is 5. The molecule has 2 aromatic rings. The van der Waals surface area contributed by atoms with Crippen LogP contribution in [0, 0.1) is 11.6 Å². The van der Waals surface area contributed by atoms with Gasteiger partial charge in [-0.25, -0.2) is 8.78 Å². The Hall–Kier alpha value is -1.97. The van der Waals surface area contributed by atoms with E-state index in [-0.39, 0.29) is 41.4 Å². The van der Waals surface area contributed by atoms with Crippen LogP contribution in [-0.4, -0.2) is 28.6 Å². The van der Waals surface area contributed by atoms with Crippen molar-refractivity contribution in [1.29, 1.82) is 0 Å². The summed E-state index contributed by atoms with van der Waals surface area (Å²) in [5.74, 6) is -2.41. The number of benzene rings is 1. The number of aromatic nitrogens is 1. The number of anilines is 1. The smallest absolute Gasteiger partial charge is 0.274 e. The fourth-order valence-electron chi connectivity index (χ4n) is 3.20. The first kappa shape index (κ1) is 18.8. The van der Waals surface area contributed by atoms with Crippen LogP contribution in [0.1, 0.15) is 17.9 Å². The third kappa shape index (κ3) is 3.46. The molecule has 1 aromatic carbocycles. The van der Waals surface area contributed by atoms with Crippen LogP contribution in [0.2, 0.25) is 0 Å². The second-order valence-corrected chi connectivity index (χ2v) is 7.07. The molecule has 0 radical (unpaired) electrons. The molecule has 1 aliphatic heterocycles. The van der Waals surface area contributed by atoms with Gasteiger partial charge in [0.05, 0.1) is 7.11 Å². The first-order valence-electron chi connectivity index (χ1n) is 8.05. The van der Waals surface area contributed by atoms with Gasteiger partial charge in [0.2, 0.25) is 5.91 Å². The molecule has 1 saturated heterocycles. The number of alkyl halides is 1. The number of carbonyl (C=O) groups excluding carboxylic acids is 1. The zero-order valence-corrected chi connectivity index (χ0v) is 16.2. The van der Waals surface area contributed by atoms with Crippen molar-refractivity contribution in [3.8, 4) is 5.75 Å². The van der Waals surface area contributed by atoms with Gasteiger partial charge in [0.25, 0.3) is 5.56 Å². The van der Waals surface area contributed by atoms with E-state index in [1.807, 2.05) is 0 Å². The van der Waals surface area contributed by atoms with Gasteiger partial charge >= 0.3 is 0 Å². The lowest BCUT2D eigenvalue weighted by molar-refractivity contribution is -0.117. The fourth-order valence-corrected chi connectivity index (χ4v) is 3.72. The van der Waals surface area contributed by atoms with Crippen molar-refractivity contribution in [2.45, 2.75) is 18.9 Å². The number of ether oxygens (including phenoxy) is 1. The normalized spacial score (nSPS) is 17.0. The standard InChI is InChI=1S/C18H17F2IN2O3/c1-26-12-8-13(19)17(14(20)9-12)11-7-16(24)23(10-11)15-3-2-5-22(6-4-21)18(15)25/h2-3,5,8-9,11H,4,6-7,10H2,1H3/t11-/m0/s1. The van der Waals surface area contributed by atoms with E-state index < -0.39 is 17.6 Å². The zero-order chi connectivity index (χ0) is 18.8. The maximum absolute atomic E-state index is 14.3. The van der Waals surface area contributed by atoms with E-state index in [1.54, 1.807) is 18.3 Å². The van der Waals surface area contributed by atoms with Crippen molar-refractivity contribution < 1.29 is 18.3 Å². The van der Waals surface area contributed by atoms with Gasteiger partial charge in [-0.3, -0.25) is 9.59 Å². The van der Waals surface area contributed by atoms with Crippen LogP contribution in [0.25, 0.3) is 0 Å². The summed E-state index contributed by atoms with van der Waals surface area (Å²) in [4.78, 5) is 26.3. The van der Waals surface area contributed by atoms with Gasteiger partial charge in [0.1, 0.15) is 23.1 Å². The number of hydrogen-bond acceptors (Lipinski definition) is 3. The third-order valence-electron chi connectivity index (χ3n) is 4.44. The molecule has 1 aliphatic rings. The summed E-state index contributed by atoms with van der Waals surface area (Å²) in [7, 11) is 1.32. The van der Waals surface area contributed by atoms with E-state index in [4.69, 9.17) is 4.74 Å². The Morgan fingerprint density at radius 3 is 2.58 bits per heavy atom. The highest BCUT2D eigenvalue weighted by Gasteiger charge is 2.36. The summed E-state index contributed by atoms with van der Waals surface area (Å²) in [6.07, 6.45) is 1.60. The number of carbonyl (C=O) groups is 1. The summed E-state index contributed by atoms with van der Waals surface area (Å²) in [5, 5.41) is 0. The molecule has 0 aliphatic carbocycles. The summed E-state index contributed by atoms with van der Waals surface area (Å²) in [6, 6.07) is 5.45. The molecular weight excluding hydrogens is 457 g/mol. The minimum Gasteiger partial charge on any atom is -0.497 e. The Bertz CT molecular complexity index is 877. The Balaban J connectivity index is 1.93. The largest absolute Gasteiger partial charge is 0.497 e. The molecule has 138 valence electrons. The lowest BCUT2D eigenvalue weighted by Gasteiger charge is -2.18. The van der Waals surface area contributed by atoms with Crippen molar-refractivity contribution in [1.82, 2.24) is 4.57 Å². The number of nitrogens with zero attached hydrogens (tertiary/aromatic N) is 2. The van der Waals surface area contributed by atoms with Crippen LogP contribution in [0.4, 0.5) is 14.5 Å². The lowest BCUT2D eigenvalue weighted by atomic mass is 9.97. The number of pyridine rings is 1. The summed E-state index contributed by atoms with van der Waals surface area (Å²) in [6.45, 7) is 0.586. The van der Waals surface area contributed by atoms with E-state index in [2.05, 4.69) is 22.6 Å². The first-order valence-corrected chi connectivity index (χ1v) is 9.57. The predicted molar refractivity (Wildman–Crippen MR) is 102 cm³/mol. The Morgan fingerprint density at radius 2 is 1.96 bits per heavy atom. The molecular formula is C18H17F2IN2O3. The molecule has 1 aromatic heterocycles. The van der Waals surface area contributed by atoms with Gasteiger partial charge in [-0.05, 0) is 12.1 Å². The number of methoxy groups -OCH3 is 1. The number of amides is 1. The molecule has 0 bridgehead atoms. The molecule has 1 atom stereocenters. The van der Waals surface area contributed by atoms with Crippen LogP contribution in [-0.2, 0) is 11.3 Å². The molecule has 1 amide bonds. The zero-order valence-electron chi connectivity index (χ0n) is 14.0. The average molecular weight is 474 g/mol.